The summed E-state index contributed by atoms with van der Waals surface area (Å²) >= 11 is 0. The van der Waals surface area contributed by atoms with Gasteiger partial charge in [0.15, 0.2) is 0 Å². The second-order valence-electron chi connectivity index (χ2n) is 3.28. The van der Waals surface area contributed by atoms with E-state index in [0.29, 0.717) is 0 Å². The van der Waals surface area contributed by atoms with Crippen LogP contribution in [0.2, 0.25) is 0 Å². The molecule has 0 N–H and O–H groups in total. The van der Waals surface area contributed by atoms with Crippen molar-refractivity contribution < 1.29 is 0 Å². The molecule has 1 aromatic heterocycles. The Hall–Kier alpha value is 0.350. The van der Waals surface area contributed by atoms with Crippen molar-refractivity contribution in [2.24, 2.45) is 0 Å². The van der Waals surface area contributed by atoms with Crippen molar-refractivity contribution in [3.63, 3.8) is 0 Å². The molecule has 0 aliphatic rings. The number of aromatic nitrogens is 1. The average molecular weight is 271 g/mol. The van der Waals surface area contributed by atoms with E-state index >= 15 is 0 Å². The maximum Gasteiger partial charge on any atom is 0.0705 e. The molecule has 0 radical (unpaired) electrons. The Balaban J connectivity index is 2.65. The number of nitrogens with zero attached hydrogens (tertiary/aromatic N) is 1. The van der Waals surface area contributed by atoms with E-state index in [9.17, 15) is 0 Å². The first-order valence-corrected chi connectivity index (χ1v) is 11.2. The molecule has 5 heteroatoms. The van der Waals surface area contributed by atoms with Gasteiger partial charge in [-0.05, 0) is 25.9 Å². The number of hydrogen-bond donors (Lipinski definition) is 0. The fourth-order valence-corrected chi connectivity index (χ4v) is 5.51. The molecule has 1 nitrogen and oxygen atoms in total. The number of pyridine rings is 1. The van der Waals surface area contributed by atoms with Gasteiger partial charge in [-0.2, -0.15) is 0 Å². The van der Waals surface area contributed by atoms with E-state index in [1.54, 1.807) is 0 Å². The van der Waals surface area contributed by atoms with Gasteiger partial charge in [0.2, 0.25) is 0 Å². The first-order valence-electron chi connectivity index (χ1n) is 4.59. The minimum Gasteiger partial charge on any atom is -0.256 e. The largest absolute Gasteiger partial charge is 0.256 e. The standard InChI is InChI=1S/C10H13NP4/c1-7-8-4-2-3-5-9(8)11-6-10(7)15(13)14-12/h2-6,14H,12-13H2,1H3. The van der Waals surface area contributed by atoms with Crippen LogP contribution in [0.15, 0.2) is 30.5 Å². The molecule has 4 unspecified atom stereocenters. The van der Waals surface area contributed by atoms with Crippen molar-refractivity contribution in [2.75, 3.05) is 0 Å². The van der Waals surface area contributed by atoms with Crippen LogP contribution in [0.1, 0.15) is 5.56 Å². The summed E-state index contributed by atoms with van der Waals surface area (Å²) in [7, 11) is 6.54. The van der Waals surface area contributed by atoms with Crippen molar-refractivity contribution in [2.45, 2.75) is 6.92 Å². The SMILES string of the molecule is Cc1c(P(P)PP)cnc2ccccc12. The molecule has 0 spiro atoms. The van der Waals surface area contributed by atoms with Gasteiger partial charge in [-0.15, -0.1) is 17.9 Å². The number of para-hydroxylation sites is 1. The molecule has 4 atom stereocenters. The van der Waals surface area contributed by atoms with Crippen LogP contribution >= 0.6 is 33.1 Å². The first kappa shape index (κ1) is 11.8. The number of benzene rings is 1. The molecule has 0 saturated carbocycles. The number of fused-ring (bicyclic) bond motifs is 1. The molecule has 0 saturated heterocycles. The highest BCUT2D eigenvalue weighted by Gasteiger charge is 2.09. The van der Waals surface area contributed by atoms with Crippen LogP contribution in [-0.2, 0) is 0 Å². The molecule has 78 valence electrons. The highest BCUT2D eigenvalue weighted by molar-refractivity contribution is 8.63. The van der Waals surface area contributed by atoms with Gasteiger partial charge in [0.1, 0.15) is 0 Å². The smallest absolute Gasteiger partial charge is 0.0705 e. The van der Waals surface area contributed by atoms with E-state index in [1.165, 1.54) is 16.3 Å². The summed E-state index contributed by atoms with van der Waals surface area (Å²) in [6, 6.07) is 8.34. The Kier molecular flexibility index (Phi) is 4.04. The summed E-state index contributed by atoms with van der Waals surface area (Å²) in [6.07, 6.45) is 2.04. The molecule has 0 aliphatic carbocycles. The molecule has 1 heterocycles. The van der Waals surface area contributed by atoms with Gasteiger partial charge in [-0.25, -0.2) is 0 Å². The lowest BCUT2D eigenvalue weighted by Gasteiger charge is -2.13. The Morgan fingerprint density at radius 1 is 1.33 bits per heavy atom. The van der Waals surface area contributed by atoms with Gasteiger partial charge >= 0.3 is 0 Å². The molecule has 2 rings (SSSR count). The predicted molar refractivity (Wildman–Crippen MR) is 80.8 cm³/mol. The maximum absolute atomic E-state index is 4.51. The molecule has 0 bridgehead atoms. The van der Waals surface area contributed by atoms with E-state index in [-0.39, 0.29) is 7.30 Å². The van der Waals surface area contributed by atoms with Crippen LogP contribution in [-0.4, -0.2) is 4.98 Å². The highest BCUT2D eigenvalue weighted by atomic mass is 32.6. The van der Waals surface area contributed by atoms with Crippen molar-refractivity contribution in [3.05, 3.63) is 36.0 Å². The second-order valence-corrected chi connectivity index (χ2v) is 12.4. The van der Waals surface area contributed by atoms with Gasteiger partial charge in [-0.1, -0.05) is 26.2 Å². The average Bonchev–Trinajstić information content (AvgIpc) is 2.29. The van der Waals surface area contributed by atoms with Crippen LogP contribution in [0.5, 0.6) is 0 Å². The van der Waals surface area contributed by atoms with Crippen molar-refractivity contribution in [1.82, 2.24) is 4.98 Å². The lowest BCUT2D eigenvalue weighted by atomic mass is 10.1. The van der Waals surface area contributed by atoms with Gasteiger partial charge < -0.3 is 0 Å². The van der Waals surface area contributed by atoms with Crippen LogP contribution in [0, 0.1) is 6.92 Å². The fourth-order valence-electron chi connectivity index (χ4n) is 1.58. The van der Waals surface area contributed by atoms with Gasteiger partial charge in [0, 0.05) is 16.9 Å². The fraction of sp³-hybridized carbons (Fsp3) is 0.100. The van der Waals surface area contributed by atoms with Crippen molar-refractivity contribution >= 4 is 49.3 Å². The third-order valence-electron chi connectivity index (χ3n) is 2.42. The Labute approximate surface area is 97.5 Å². The summed E-state index contributed by atoms with van der Waals surface area (Å²) < 4.78 is 0. The molecule has 1 aromatic carbocycles. The van der Waals surface area contributed by atoms with Gasteiger partial charge in [0.25, 0.3) is 0 Å². The lowest BCUT2D eigenvalue weighted by Crippen LogP contribution is -2.02. The van der Waals surface area contributed by atoms with Gasteiger partial charge in [0.05, 0.1) is 5.52 Å². The Bertz CT molecular complexity index is 486. The number of aryl methyl sites for hydroxylation is 1. The number of hydrogen-bond acceptors (Lipinski definition) is 1. The molecular formula is C10H13NP4. The maximum atomic E-state index is 4.51. The van der Waals surface area contributed by atoms with Crippen LogP contribution < -0.4 is 5.30 Å². The van der Waals surface area contributed by atoms with Crippen LogP contribution in [0.25, 0.3) is 10.9 Å². The van der Waals surface area contributed by atoms with E-state index in [0.717, 1.165) is 13.5 Å². The van der Waals surface area contributed by atoms with Crippen molar-refractivity contribution in [3.8, 4) is 0 Å². The summed E-state index contributed by atoms with van der Waals surface area (Å²) in [4.78, 5) is 4.51. The minimum absolute atomic E-state index is 0.123. The number of rotatable bonds is 2. The van der Waals surface area contributed by atoms with E-state index in [4.69, 9.17) is 0 Å². The summed E-state index contributed by atoms with van der Waals surface area (Å²) in [5, 5.41) is 2.69. The summed E-state index contributed by atoms with van der Waals surface area (Å²) in [5.41, 5.74) is 2.48. The van der Waals surface area contributed by atoms with E-state index in [2.05, 4.69) is 48.0 Å². The molecule has 0 aliphatic heterocycles. The van der Waals surface area contributed by atoms with Crippen LogP contribution in [0.4, 0.5) is 0 Å². The molecule has 0 fully saturated rings. The Morgan fingerprint density at radius 2 is 2.07 bits per heavy atom. The highest BCUT2D eigenvalue weighted by Crippen LogP contribution is 2.65. The zero-order valence-electron chi connectivity index (χ0n) is 8.44. The van der Waals surface area contributed by atoms with Crippen LogP contribution in [0.3, 0.4) is 0 Å². The molecular weight excluding hydrogens is 258 g/mol. The summed E-state index contributed by atoms with van der Waals surface area (Å²) in [5.74, 6) is 0. The van der Waals surface area contributed by atoms with E-state index in [1.807, 2.05) is 12.3 Å². The van der Waals surface area contributed by atoms with Crippen molar-refractivity contribution in [1.29, 1.82) is 0 Å². The minimum atomic E-state index is -0.123. The monoisotopic (exact) mass is 271 g/mol. The third kappa shape index (κ3) is 2.38. The quantitative estimate of drug-likeness (QED) is 0.756. The zero-order valence-corrected chi connectivity index (χ0v) is 12.6. The molecule has 15 heavy (non-hydrogen) atoms. The van der Waals surface area contributed by atoms with Gasteiger partial charge in [-0.3, -0.25) is 4.98 Å². The zero-order chi connectivity index (χ0) is 10.8. The normalized spacial score (nSPS) is 13.8. The Morgan fingerprint density at radius 3 is 2.80 bits per heavy atom. The molecule has 0 amide bonds. The van der Waals surface area contributed by atoms with E-state index < -0.39 is 0 Å². The predicted octanol–water partition coefficient (Wildman–Crippen LogP) is 3.82. The first-order chi connectivity index (χ1) is 7.24. The topological polar surface area (TPSA) is 12.9 Å². The summed E-state index contributed by atoms with van der Waals surface area (Å²) in [6.45, 7) is 2.20. The lowest BCUT2D eigenvalue weighted by molar-refractivity contribution is 1.40. The second kappa shape index (κ2) is 5.12. The molecule has 2 aromatic rings. The third-order valence-corrected chi connectivity index (χ3v) is 12.6.